The van der Waals surface area contributed by atoms with Crippen molar-refractivity contribution < 1.29 is 0 Å². The van der Waals surface area contributed by atoms with Crippen LogP contribution < -0.4 is 0 Å². The molecule has 0 atom stereocenters. The van der Waals surface area contributed by atoms with E-state index in [1.54, 1.807) is 17.5 Å². The van der Waals surface area contributed by atoms with Gasteiger partial charge in [-0.2, -0.15) is 0 Å². The Kier molecular flexibility index (Phi) is 2.76. The molecule has 2 heterocycles. The van der Waals surface area contributed by atoms with Crippen molar-refractivity contribution in [1.82, 2.24) is 15.0 Å². The normalized spacial score (nSPS) is 11.1. The van der Waals surface area contributed by atoms with Crippen LogP contribution in [-0.4, -0.2) is 15.0 Å². The average Bonchev–Trinajstić information content (AvgIpc) is 2.77. The molecule has 0 saturated carbocycles. The van der Waals surface area contributed by atoms with E-state index in [1.165, 1.54) is 0 Å². The van der Waals surface area contributed by atoms with Gasteiger partial charge in [-0.05, 0) is 25.5 Å². The van der Waals surface area contributed by atoms with Crippen molar-refractivity contribution >= 4 is 33.8 Å². The van der Waals surface area contributed by atoms with E-state index in [4.69, 9.17) is 11.6 Å². The molecule has 0 bridgehead atoms. The third-order valence-corrected chi connectivity index (χ3v) is 3.92. The summed E-state index contributed by atoms with van der Waals surface area (Å²) in [4.78, 5) is 14.1. The molecule has 0 unspecified atom stereocenters. The summed E-state index contributed by atoms with van der Waals surface area (Å²) < 4.78 is 0. The molecule has 18 heavy (non-hydrogen) atoms. The summed E-state index contributed by atoms with van der Waals surface area (Å²) >= 11 is 7.79. The minimum atomic E-state index is 0.491. The summed E-state index contributed by atoms with van der Waals surface area (Å²) in [5.74, 6) is 0.646. The first-order chi connectivity index (χ1) is 8.65. The maximum absolute atomic E-state index is 6.22. The van der Waals surface area contributed by atoms with E-state index >= 15 is 0 Å². The number of para-hydroxylation sites is 1. The van der Waals surface area contributed by atoms with Crippen LogP contribution in [0.4, 0.5) is 0 Å². The van der Waals surface area contributed by atoms with Gasteiger partial charge in [0.25, 0.3) is 0 Å². The average molecular weight is 276 g/mol. The van der Waals surface area contributed by atoms with Gasteiger partial charge in [-0.1, -0.05) is 23.7 Å². The minimum Gasteiger partial charge on any atom is -0.249 e. The lowest BCUT2D eigenvalue weighted by Crippen LogP contribution is -1.92. The van der Waals surface area contributed by atoms with E-state index in [0.29, 0.717) is 11.0 Å². The quantitative estimate of drug-likeness (QED) is 0.630. The van der Waals surface area contributed by atoms with Gasteiger partial charge in [-0.25, -0.2) is 15.0 Å². The third-order valence-electron chi connectivity index (χ3n) is 2.72. The van der Waals surface area contributed by atoms with Crippen LogP contribution in [0.1, 0.15) is 10.6 Å². The number of aryl methyl sites for hydroxylation is 2. The summed E-state index contributed by atoms with van der Waals surface area (Å²) in [6.45, 7) is 3.98. The van der Waals surface area contributed by atoms with E-state index in [0.717, 1.165) is 26.4 Å². The van der Waals surface area contributed by atoms with Gasteiger partial charge in [0.15, 0.2) is 5.82 Å². The van der Waals surface area contributed by atoms with Crippen molar-refractivity contribution in [3.8, 4) is 10.7 Å². The smallest absolute Gasteiger partial charge is 0.173 e. The number of aromatic nitrogens is 3. The maximum atomic E-state index is 6.22. The first-order valence-electron chi connectivity index (χ1n) is 5.51. The Morgan fingerprint density at radius 3 is 2.72 bits per heavy atom. The van der Waals surface area contributed by atoms with Gasteiger partial charge in [0.05, 0.1) is 15.4 Å². The first kappa shape index (κ1) is 11.6. The number of thiazole rings is 1. The molecule has 0 radical (unpaired) electrons. The molecule has 1 aromatic carbocycles. The minimum absolute atomic E-state index is 0.491. The fraction of sp³-hybridized carbons (Fsp3) is 0.154. The lowest BCUT2D eigenvalue weighted by molar-refractivity contribution is 1.22. The van der Waals surface area contributed by atoms with Crippen LogP contribution >= 0.6 is 22.9 Å². The molecule has 3 aromatic rings. The maximum Gasteiger partial charge on any atom is 0.173 e. The van der Waals surface area contributed by atoms with Crippen LogP contribution in [0.3, 0.4) is 0 Å². The summed E-state index contributed by atoms with van der Waals surface area (Å²) in [5, 5.41) is 2.38. The summed E-state index contributed by atoms with van der Waals surface area (Å²) in [5.41, 5.74) is 2.00. The van der Waals surface area contributed by atoms with Crippen LogP contribution in [0, 0.1) is 13.8 Å². The fourth-order valence-electron chi connectivity index (χ4n) is 1.83. The Labute approximate surface area is 114 Å². The molecule has 0 aliphatic heterocycles. The number of hydrogen-bond donors (Lipinski definition) is 0. The molecule has 0 amide bonds. The van der Waals surface area contributed by atoms with Crippen LogP contribution in [-0.2, 0) is 0 Å². The van der Waals surface area contributed by atoms with E-state index in [9.17, 15) is 0 Å². The van der Waals surface area contributed by atoms with Crippen molar-refractivity contribution in [2.75, 3.05) is 0 Å². The zero-order chi connectivity index (χ0) is 12.7. The Hall–Kier alpha value is -1.52. The Morgan fingerprint density at radius 1 is 1.17 bits per heavy atom. The molecule has 5 heteroatoms. The molecule has 2 aromatic heterocycles. The van der Waals surface area contributed by atoms with Crippen LogP contribution in [0.25, 0.3) is 21.6 Å². The molecular formula is C13H10ClN3S. The van der Waals surface area contributed by atoms with Crippen molar-refractivity contribution in [3.05, 3.63) is 40.1 Å². The summed E-state index contributed by atoms with van der Waals surface area (Å²) in [6, 6.07) is 5.92. The lowest BCUT2D eigenvalue weighted by atomic mass is 10.1. The highest BCUT2D eigenvalue weighted by molar-refractivity contribution is 7.14. The second-order valence-electron chi connectivity index (χ2n) is 4.05. The Bertz CT molecular complexity index is 736. The van der Waals surface area contributed by atoms with Gasteiger partial charge >= 0.3 is 0 Å². The number of fused-ring (bicyclic) bond motifs is 1. The molecule has 0 spiro atoms. The standard InChI is InChI=1S/C13H10ClN3S/c1-7-4-3-5-9-11(7)16-13(17-12(9)14)10-6-15-8(2)18-10/h3-6H,1-2H3. The van der Waals surface area contributed by atoms with Gasteiger partial charge in [0, 0.05) is 11.6 Å². The molecule has 90 valence electrons. The van der Waals surface area contributed by atoms with Crippen molar-refractivity contribution in [2.24, 2.45) is 0 Å². The van der Waals surface area contributed by atoms with Gasteiger partial charge in [0.1, 0.15) is 5.15 Å². The second-order valence-corrected chi connectivity index (χ2v) is 5.65. The molecule has 0 N–H and O–H groups in total. The van der Waals surface area contributed by atoms with E-state index < -0.39 is 0 Å². The third kappa shape index (κ3) is 1.87. The van der Waals surface area contributed by atoms with Crippen LogP contribution in [0.2, 0.25) is 5.15 Å². The number of nitrogens with zero attached hydrogens (tertiary/aromatic N) is 3. The largest absolute Gasteiger partial charge is 0.249 e. The van der Waals surface area contributed by atoms with Gasteiger partial charge < -0.3 is 0 Å². The topological polar surface area (TPSA) is 38.7 Å². The zero-order valence-corrected chi connectivity index (χ0v) is 11.5. The SMILES string of the molecule is Cc1ncc(-c2nc(Cl)c3cccc(C)c3n2)s1. The monoisotopic (exact) mass is 275 g/mol. The van der Waals surface area contributed by atoms with Crippen LogP contribution in [0.5, 0.6) is 0 Å². The predicted molar refractivity (Wildman–Crippen MR) is 75.1 cm³/mol. The highest BCUT2D eigenvalue weighted by Gasteiger charge is 2.11. The zero-order valence-electron chi connectivity index (χ0n) is 9.94. The molecule has 3 rings (SSSR count). The number of halogens is 1. The molecule has 0 saturated heterocycles. The number of benzene rings is 1. The first-order valence-corrected chi connectivity index (χ1v) is 6.70. The highest BCUT2D eigenvalue weighted by Crippen LogP contribution is 2.28. The van der Waals surface area contributed by atoms with Gasteiger partial charge in [-0.15, -0.1) is 11.3 Å². The van der Waals surface area contributed by atoms with E-state index in [-0.39, 0.29) is 0 Å². The summed E-state index contributed by atoms with van der Waals surface area (Å²) in [6.07, 6.45) is 1.79. The van der Waals surface area contributed by atoms with Crippen molar-refractivity contribution in [1.29, 1.82) is 0 Å². The van der Waals surface area contributed by atoms with Crippen LogP contribution in [0.15, 0.2) is 24.4 Å². The van der Waals surface area contributed by atoms with E-state index in [2.05, 4.69) is 15.0 Å². The molecule has 0 fully saturated rings. The summed E-state index contributed by atoms with van der Waals surface area (Å²) in [7, 11) is 0. The van der Waals surface area contributed by atoms with E-state index in [1.807, 2.05) is 32.0 Å². The molecule has 0 aliphatic carbocycles. The predicted octanol–water partition coefficient (Wildman–Crippen LogP) is 4.02. The fourth-order valence-corrected chi connectivity index (χ4v) is 2.78. The van der Waals surface area contributed by atoms with Gasteiger partial charge in [0.2, 0.25) is 0 Å². The second kappa shape index (κ2) is 4.30. The van der Waals surface area contributed by atoms with Gasteiger partial charge in [-0.3, -0.25) is 0 Å². The Balaban J connectivity index is 2.29. The molecular weight excluding hydrogens is 266 g/mol. The van der Waals surface area contributed by atoms with Crippen molar-refractivity contribution in [3.63, 3.8) is 0 Å². The number of hydrogen-bond acceptors (Lipinski definition) is 4. The Morgan fingerprint density at radius 2 is 2.00 bits per heavy atom. The molecule has 3 nitrogen and oxygen atoms in total. The van der Waals surface area contributed by atoms with Crippen molar-refractivity contribution in [2.45, 2.75) is 13.8 Å². The highest BCUT2D eigenvalue weighted by atomic mass is 35.5. The number of rotatable bonds is 1. The lowest BCUT2D eigenvalue weighted by Gasteiger charge is -2.04. The molecule has 0 aliphatic rings.